The monoisotopic (exact) mass is 503 g/mol. The third kappa shape index (κ3) is 6.37. The Bertz CT molecular complexity index is 1310. The van der Waals surface area contributed by atoms with E-state index in [0.717, 1.165) is 71.0 Å². The van der Waals surface area contributed by atoms with E-state index in [1.165, 1.54) is 19.3 Å². The van der Waals surface area contributed by atoms with Crippen LogP contribution in [0.4, 0.5) is 0 Å². The van der Waals surface area contributed by atoms with Gasteiger partial charge in [-0.05, 0) is 80.3 Å². The molecule has 1 aliphatic rings. The molecule has 36 heavy (non-hydrogen) atoms. The van der Waals surface area contributed by atoms with Crippen LogP contribution in [0.2, 0.25) is 0 Å². The second-order valence-electron chi connectivity index (χ2n) is 10.5. The number of rotatable bonds is 10. The first kappa shape index (κ1) is 26.4. The topological polar surface area (TPSA) is 37.4 Å². The minimum Gasteiger partial charge on any atom is -0.314 e. The molecular formula is C31H39N2O2S+. The van der Waals surface area contributed by atoms with Gasteiger partial charge in [-0.3, -0.25) is 0 Å². The molecule has 0 bridgehead atoms. The van der Waals surface area contributed by atoms with Gasteiger partial charge in [0.25, 0.3) is 0 Å². The van der Waals surface area contributed by atoms with E-state index in [4.69, 9.17) is 6.42 Å². The van der Waals surface area contributed by atoms with Gasteiger partial charge in [-0.1, -0.05) is 59.7 Å². The molecule has 4 nitrogen and oxygen atoms in total. The van der Waals surface area contributed by atoms with Gasteiger partial charge in [-0.25, -0.2) is 8.42 Å². The maximum atomic E-state index is 13.9. The zero-order chi connectivity index (χ0) is 25.6. The fourth-order valence-corrected chi connectivity index (χ4v) is 7.20. The number of quaternary nitrogens is 1. The second kappa shape index (κ2) is 11.6. The third-order valence-corrected chi connectivity index (χ3v) is 9.32. The number of nitrogens with zero attached hydrogens (tertiary/aromatic N) is 2. The Labute approximate surface area is 217 Å². The second-order valence-corrected chi connectivity index (χ2v) is 12.4. The number of fused-ring (bicyclic) bond motifs is 1. The van der Waals surface area contributed by atoms with Gasteiger partial charge in [0, 0.05) is 13.1 Å². The van der Waals surface area contributed by atoms with Crippen LogP contribution < -0.4 is 0 Å². The first-order chi connectivity index (χ1) is 17.3. The summed E-state index contributed by atoms with van der Waals surface area (Å²) in [7, 11) is -3.65. The van der Waals surface area contributed by atoms with E-state index in [2.05, 4.69) is 38.0 Å². The molecule has 0 aliphatic carbocycles. The summed E-state index contributed by atoms with van der Waals surface area (Å²) in [6.45, 7) is 9.09. The Hall–Kier alpha value is -2.65. The molecule has 0 N–H and O–H groups in total. The van der Waals surface area contributed by atoms with E-state index < -0.39 is 10.0 Å². The van der Waals surface area contributed by atoms with Crippen molar-refractivity contribution in [2.75, 3.05) is 32.7 Å². The van der Waals surface area contributed by atoms with Gasteiger partial charge in [-0.15, -0.1) is 6.42 Å². The molecule has 1 heterocycles. The van der Waals surface area contributed by atoms with E-state index in [1.54, 1.807) is 16.4 Å². The minimum atomic E-state index is -3.65. The zero-order valence-electron chi connectivity index (χ0n) is 21.7. The highest BCUT2D eigenvalue weighted by atomic mass is 32.2. The van der Waals surface area contributed by atoms with Gasteiger partial charge in [0.15, 0.2) is 0 Å². The Morgan fingerprint density at radius 2 is 1.58 bits per heavy atom. The number of piperidine rings is 1. The van der Waals surface area contributed by atoms with Gasteiger partial charge in [-0.2, -0.15) is 4.31 Å². The fourth-order valence-electron chi connectivity index (χ4n) is 5.70. The van der Waals surface area contributed by atoms with E-state index in [-0.39, 0.29) is 0 Å². The van der Waals surface area contributed by atoms with Crippen molar-refractivity contribution in [2.24, 2.45) is 0 Å². The molecule has 0 radical (unpaired) electrons. The highest BCUT2D eigenvalue weighted by Crippen LogP contribution is 2.25. The quantitative estimate of drug-likeness (QED) is 0.192. The van der Waals surface area contributed by atoms with Crippen molar-refractivity contribution >= 4 is 20.8 Å². The lowest BCUT2D eigenvalue weighted by Gasteiger charge is -2.40. The van der Waals surface area contributed by atoms with Gasteiger partial charge < -0.3 is 4.48 Å². The van der Waals surface area contributed by atoms with Gasteiger partial charge in [0.2, 0.25) is 10.0 Å². The SMILES string of the molecule is C#CC[N+]1(CCCCN(Cc2cc(C)cc(C)c2)S(=O)(=O)c2ccc3ccccc3c2)CCCCC1. The molecule has 0 unspecified atom stereocenters. The Morgan fingerprint density at radius 3 is 2.28 bits per heavy atom. The molecule has 0 amide bonds. The van der Waals surface area contributed by atoms with Crippen LogP contribution in [0, 0.1) is 26.2 Å². The number of unbranched alkanes of at least 4 members (excludes halogenated alkanes) is 1. The van der Waals surface area contributed by atoms with Crippen LogP contribution in [0.5, 0.6) is 0 Å². The first-order valence-electron chi connectivity index (χ1n) is 13.2. The molecule has 1 saturated heterocycles. The van der Waals surface area contributed by atoms with E-state index in [0.29, 0.717) is 18.0 Å². The summed E-state index contributed by atoms with van der Waals surface area (Å²) in [4.78, 5) is 0.359. The van der Waals surface area contributed by atoms with Crippen molar-refractivity contribution in [1.82, 2.24) is 4.31 Å². The first-order valence-corrected chi connectivity index (χ1v) is 14.6. The summed E-state index contributed by atoms with van der Waals surface area (Å²) in [5.74, 6) is 2.90. The zero-order valence-corrected chi connectivity index (χ0v) is 22.6. The largest absolute Gasteiger partial charge is 0.314 e. The predicted octanol–water partition coefficient (Wildman–Crippen LogP) is 6.06. The maximum absolute atomic E-state index is 13.9. The number of likely N-dealkylation sites (tertiary alicyclic amines) is 1. The van der Waals surface area contributed by atoms with Crippen LogP contribution in [-0.2, 0) is 16.6 Å². The standard InChI is InChI=1S/C31H39N2O2S/c1-4-17-33(18-9-5-10-19-33)20-11-8-16-32(25-28-22-26(2)21-27(3)23-28)36(34,35)31-15-14-29-12-6-7-13-30(29)24-31/h1,6-7,12-15,21-24H,5,8-11,16-20,25H2,2-3H3/q+1. The van der Waals surface area contributed by atoms with Crippen LogP contribution in [0.1, 0.15) is 48.8 Å². The van der Waals surface area contributed by atoms with Crippen LogP contribution >= 0.6 is 0 Å². The number of aryl methyl sites for hydroxylation is 2. The van der Waals surface area contributed by atoms with Gasteiger partial charge in [0.1, 0.15) is 6.54 Å². The smallest absolute Gasteiger partial charge is 0.243 e. The molecule has 1 fully saturated rings. The number of terminal acetylenes is 1. The average Bonchev–Trinajstić information content (AvgIpc) is 2.85. The fraction of sp³-hybridized carbons (Fsp3) is 0.419. The van der Waals surface area contributed by atoms with Crippen molar-refractivity contribution in [3.05, 3.63) is 77.4 Å². The number of hydrogen-bond donors (Lipinski definition) is 0. The Balaban J connectivity index is 1.55. The number of benzene rings is 3. The molecule has 1 aliphatic heterocycles. The lowest BCUT2D eigenvalue weighted by atomic mass is 10.1. The predicted molar refractivity (Wildman–Crippen MR) is 149 cm³/mol. The van der Waals surface area contributed by atoms with Gasteiger partial charge >= 0.3 is 0 Å². The van der Waals surface area contributed by atoms with Crippen molar-refractivity contribution < 1.29 is 12.9 Å². The average molecular weight is 504 g/mol. The van der Waals surface area contributed by atoms with Crippen LogP contribution in [0.3, 0.4) is 0 Å². The minimum absolute atomic E-state index is 0.359. The summed E-state index contributed by atoms with van der Waals surface area (Å²) < 4.78 is 30.5. The molecule has 0 saturated carbocycles. The number of hydrogen-bond acceptors (Lipinski definition) is 2. The molecule has 0 atom stereocenters. The number of sulfonamides is 1. The molecular weight excluding hydrogens is 464 g/mol. The van der Waals surface area contributed by atoms with E-state index in [9.17, 15) is 8.42 Å². The van der Waals surface area contributed by atoms with Gasteiger partial charge in [0.05, 0.1) is 24.5 Å². The molecule has 3 aromatic carbocycles. The van der Waals surface area contributed by atoms with Crippen LogP contribution in [0.15, 0.2) is 65.6 Å². The Morgan fingerprint density at radius 1 is 0.889 bits per heavy atom. The normalized spacial score (nSPS) is 15.7. The lowest BCUT2D eigenvalue weighted by molar-refractivity contribution is -0.926. The summed E-state index contributed by atoms with van der Waals surface area (Å²) in [6.07, 6.45) is 11.3. The third-order valence-electron chi connectivity index (χ3n) is 7.48. The Kier molecular flexibility index (Phi) is 8.51. The van der Waals surface area contributed by atoms with Crippen molar-refractivity contribution in [3.8, 4) is 12.3 Å². The molecule has 0 aromatic heterocycles. The summed E-state index contributed by atoms with van der Waals surface area (Å²) >= 11 is 0. The molecule has 190 valence electrons. The highest BCUT2D eigenvalue weighted by molar-refractivity contribution is 7.89. The highest BCUT2D eigenvalue weighted by Gasteiger charge is 2.29. The van der Waals surface area contributed by atoms with Crippen LogP contribution in [-0.4, -0.2) is 49.9 Å². The summed E-state index contributed by atoms with van der Waals surface area (Å²) in [6, 6.07) is 19.7. The van der Waals surface area contributed by atoms with E-state index >= 15 is 0 Å². The lowest BCUT2D eigenvalue weighted by Crippen LogP contribution is -2.52. The molecule has 3 aromatic rings. The molecule has 0 spiro atoms. The molecule has 5 heteroatoms. The van der Waals surface area contributed by atoms with Crippen molar-refractivity contribution in [2.45, 2.75) is 57.4 Å². The molecule has 4 rings (SSSR count). The van der Waals surface area contributed by atoms with Crippen molar-refractivity contribution in [3.63, 3.8) is 0 Å². The summed E-state index contributed by atoms with van der Waals surface area (Å²) in [5.41, 5.74) is 3.33. The summed E-state index contributed by atoms with van der Waals surface area (Å²) in [5, 5.41) is 1.98. The van der Waals surface area contributed by atoms with Crippen LogP contribution in [0.25, 0.3) is 10.8 Å². The maximum Gasteiger partial charge on any atom is 0.243 e. The van der Waals surface area contributed by atoms with E-state index in [1.807, 2.05) is 30.3 Å². The van der Waals surface area contributed by atoms with Crippen molar-refractivity contribution in [1.29, 1.82) is 0 Å².